The van der Waals surface area contributed by atoms with Crippen molar-refractivity contribution in [2.45, 2.75) is 46.4 Å². The van der Waals surface area contributed by atoms with E-state index in [2.05, 4.69) is 45.1 Å². The first-order valence-corrected chi connectivity index (χ1v) is 6.91. The fourth-order valence-corrected chi connectivity index (χ4v) is 2.34. The van der Waals surface area contributed by atoms with E-state index in [0.29, 0.717) is 0 Å². The quantitative estimate of drug-likeness (QED) is 0.768. The monoisotopic (exact) mass is 265 g/mol. The maximum absolute atomic E-state index is 5.45. The molecule has 3 nitrogen and oxygen atoms in total. The summed E-state index contributed by atoms with van der Waals surface area (Å²) in [5.74, 6) is 0. The highest BCUT2D eigenvalue weighted by Gasteiger charge is 2.24. The number of aryl methyl sites for hydroxylation is 3. The van der Waals surface area contributed by atoms with Gasteiger partial charge in [-0.2, -0.15) is 0 Å². The summed E-state index contributed by atoms with van der Waals surface area (Å²) in [6.45, 7) is 9.53. The molecule has 0 aliphatic rings. The molecule has 0 saturated heterocycles. The predicted molar refractivity (Wildman–Crippen MR) is 79.5 cm³/mol. The van der Waals surface area contributed by atoms with E-state index in [0.717, 1.165) is 13.0 Å². The number of benzene rings is 1. The van der Waals surface area contributed by atoms with Crippen molar-refractivity contribution in [2.75, 3.05) is 20.8 Å². The normalized spacial score (nSPS) is 13.0. The highest BCUT2D eigenvalue weighted by Crippen LogP contribution is 2.26. The Labute approximate surface area is 117 Å². The van der Waals surface area contributed by atoms with Crippen molar-refractivity contribution in [3.8, 4) is 0 Å². The number of hydrogen-bond donors (Lipinski definition) is 1. The lowest BCUT2D eigenvalue weighted by Gasteiger charge is -2.28. The number of ether oxygens (including phenoxy) is 2. The minimum atomic E-state index is -0.271. The van der Waals surface area contributed by atoms with Gasteiger partial charge in [0.1, 0.15) is 0 Å². The molecule has 0 fully saturated rings. The van der Waals surface area contributed by atoms with Crippen molar-refractivity contribution in [1.82, 2.24) is 5.32 Å². The van der Waals surface area contributed by atoms with Crippen LogP contribution < -0.4 is 5.32 Å². The van der Waals surface area contributed by atoms with Gasteiger partial charge in [0.15, 0.2) is 6.29 Å². The van der Waals surface area contributed by atoms with Gasteiger partial charge in [0.2, 0.25) is 0 Å². The van der Waals surface area contributed by atoms with Crippen LogP contribution in [0.15, 0.2) is 12.1 Å². The Morgan fingerprint density at radius 3 is 2.11 bits per heavy atom. The van der Waals surface area contributed by atoms with Crippen LogP contribution in [-0.2, 0) is 9.47 Å². The summed E-state index contributed by atoms with van der Waals surface area (Å²) in [6.07, 6.45) is 0.813. The van der Waals surface area contributed by atoms with Crippen LogP contribution in [-0.4, -0.2) is 27.1 Å². The van der Waals surface area contributed by atoms with Gasteiger partial charge >= 0.3 is 0 Å². The molecule has 3 heteroatoms. The number of methoxy groups -OCH3 is 2. The Morgan fingerprint density at radius 1 is 1.00 bits per heavy atom. The van der Waals surface area contributed by atoms with Gasteiger partial charge in [0.25, 0.3) is 0 Å². The zero-order chi connectivity index (χ0) is 14.4. The zero-order valence-corrected chi connectivity index (χ0v) is 13.0. The molecule has 0 saturated carbocycles. The molecular formula is C16H27NO2. The van der Waals surface area contributed by atoms with E-state index >= 15 is 0 Å². The van der Waals surface area contributed by atoms with Crippen molar-refractivity contribution in [3.05, 3.63) is 34.4 Å². The maximum atomic E-state index is 5.45. The lowest BCUT2D eigenvalue weighted by Crippen LogP contribution is -2.35. The molecule has 1 aromatic rings. The Kier molecular flexibility index (Phi) is 6.49. The summed E-state index contributed by atoms with van der Waals surface area (Å²) < 4.78 is 10.9. The van der Waals surface area contributed by atoms with Crippen LogP contribution in [0.4, 0.5) is 0 Å². The molecule has 0 bridgehead atoms. The molecular weight excluding hydrogens is 238 g/mol. The molecule has 0 spiro atoms. The summed E-state index contributed by atoms with van der Waals surface area (Å²) >= 11 is 0. The standard InChI is InChI=1S/C16H27NO2/c1-7-8-17-15(16(18-5)19-6)14-10-12(3)11(2)9-13(14)4/h9-10,15-17H,7-8H2,1-6H3. The minimum Gasteiger partial charge on any atom is -0.354 e. The molecule has 0 aromatic heterocycles. The van der Waals surface area contributed by atoms with Gasteiger partial charge in [0, 0.05) is 14.2 Å². The van der Waals surface area contributed by atoms with Crippen molar-refractivity contribution < 1.29 is 9.47 Å². The molecule has 0 heterocycles. The van der Waals surface area contributed by atoms with Crippen LogP contribution in [0.3, 0.4) is 0 Å². The van der Waals surface area contributed by atoms with Gasteiger partial charge in [-0.1, -0.05) is 19.1 Å². The van der Waals surface area contributed by atoms with E-state index in [4.69, 9.17) is 9.47 Å². The molecule has 1 unspecified atom stereocenters. The van der Waals surface area contributed by atoms with Crippen LogP contribution in [0.25, 0.3) is 0 Å². The summed E-state index contributed by atoms with van der Waals surface area (Å²) in [5.41, 5.74) is 5.15. The molecule has 108 valence electrons. The third-order valence-electron chi connectivity index (χ3n) is 3.57. The van der Waals surface area contributed by atoms with Crippen molar-refractivity contribution in [3.63, 3.8) is 0 Å². The average Bonchev–Trinajstić information content (AvgIpc) is 2.39. The fraction of sp³-hybridized carbons (Fsp3) is 0.625. The van der Waals surface area contributed by atoms with Gasteiger partial charge in [-0.15, -0.1) is 0 Å². The zero-order valence-electron chi connectivity index (χ0n) is 13.0. The third kappa shape index (κ3) is 4.03. The van der Waals surface area contributed by atoms with Crippen LogP contribution >= 0.6 is 0 Å². The Morgan fingerprint density at radius 2 is 1.58 bits per heavy atom. The Hall–Kier alpha value is -0.900. The summed E-state index contributed by atoms with van der Waals surface area (Å²) in [4.78, 5) is 0. The summed E-state index contributed by atoms with van der Waals surface area (Å²) in [7, 11) is 3.37. The Bertz CT molecular complexity index is 400. The largest absolute Gasteiger partial charge is 0.354 e. The highest BCUT2D eigenvalue weighted by atomic mass is 16.7. The molecule has 1 N–H and O–H groups in total. The van der Waals surface area contributed by atoms with Gasteiger partial charge in [-0.05, 0) is 56.0 Å². The molecule has 1 atom stereocenters. The summed E-state index contributed by atoms with van der Waals surface area (Å²) in [5, 5.41) is 3.53. The average molecular weight is 265 g/mol. The first-order chi connectivity index (χ1) is 9.04. The molecule has 19 heavy (non-hydrogen) atoms. The lowest BCUT2D eigenvalue weighted by molar-refractivity contribution is -0.124. The van der Waals surface area contributed by atoms with E-state index in [1.54, 1.807) is 14.2 Å². The topological polar surface area (TPSA) is 30.5 Å². The SMILES string of the molecule is CCCNC(c1cc(C)c(C)cc1C)C(OC)OC. The molecule has 0 amide bonds. The fourth-order valence-electron chi connectivity index (χ4n) is 2.34. The van der Waals surface area contributed by atoms with E-state index in [1.165, 1.54) is 22.3 Å². The van der Waals surface area contributed by atoms with Gasteiger partial charge in [-0.25, -0.2) is 0 Å². The lowest BCUT2D eigenvalue weighted by atomic mass is 9.95. The first-order valence-electron chi connectivity index (χ1n) is 6.91. The molecule has 1 rings (SSSR count). The molecule has 1 aromatic carbocycles. The van der Waals surface area contributed by atoms with E-state index < -0.39 is 0 Å². The van der Waals surface area contributed by atoms with Crippen molar-refractivity contribution in [2.24, 2.45) is 0 Å². The third-order valence-corrected chi connectivity index (χ3v) is 3.57. The van der Waals surface area contributed by atoms with Crippen LogP contribution in [0.5, 0.6) is 0 Å². The molecule has 0 radical (unpaired) electrons. The van der Waals surface area contributed by atoms with E-state index in [1.807, 2.05) is 0 Å². The molecule has 0 aliphatic heterocycles. The number of rotatable bonds is 7. The highest BCUT2D eigenvalue weighted by molar-refractivity contribution is 5.38. The number of nitrogens with one attached hydrogen (secondary N) is 1. The van der Waals surface area contributed by atoms with Crippen LogP contribution in [0.2, 0.25) is 0 Å². The van der Waals surface area contributed by atoms with Crippen LogP contribution in [0, 0.1) is 20.8 Å². The second-order valence-electron chi connectivity index (χ2n) is 5.06. The summed E-state index contributed by atoms with van der Waals surface area (Å²) in [6, 6.07) is 4.53. The second kappa shape index (κ2) is 7.63. The van der Waals surface area contributed by atoms with E-state index in [-0.39, 0.29) is 12.3 Å². The Balaban J connectivity index is 3.12. The van der Waals surface area contributed by atoms with Crippen LogP contribution in [0.1, 0.15) is 41.6 Å². The van der Waals surface area contributed by atoms with Crippen molar-refractivity contribution >= 4 is 0 Å². The van der Waals surface area contributed by atoms with Gasteiger partial charge in [-0.3, -0.25) is 0 Å². The van der Waals surface area contributed by atoms with Gasteiger partial charge < -0.3 is 14.8 Å². The smallest absolute Gasteiger partial charge is 0.176 e. The minimum absolute atomic E-state index is 0.0641. The first kappa shape index (κ1) is 16.2. The number of hydrogen-bond acceptors (Lipinski definition) is 3. The van der Waals surface area contributed by atoms with Crippen molar-refractivity contribution in [1.29, 1.82) is 0 Å². The maximum Gasteiger partial charge on any atom is 0.176 e. The predicted octanol–water partition coefficient (Wildman–Crippen LogP) is 3.27. The second-order valence-corrected chi connectivity index (χ2v) is 5.06. The molecule has 0 aliphatic carbocycles. The van der Waals surface area contributed by atoms with Gasteiger partial charge in [0.05, 0.1) is 6.04 Å². The van der Waals surface area contributed by atoms with E-state index in [9.17, 15) is 0 Å².